The Hall–Kier alpha value is -1.28. The van der Waals surface area contributed by atoms with Crippen molar-refractivity contribution in [2.45, 2.75) is 25.9 Å². The molecule has 1 atom stereocenters. The van der Waals surface area contributed by atoms with Crippen molar-refractivity contribution in [3.8, 4) is 0 Å². The lowest BCUT2D eigenvalue weighted by Crippen LogP contribution is -2.42. The number of ether oxygens (including phenoxy) is 1. The molecule has 0 aliphatic carbocycles. The predicted molar refractivity (Wildman–Crippen MR) is 89.5 cm³/mol. The molecule has 3 rings (SSSR count). The van der Waals surface area contributed by atoms with E-state index in [-0.39, 0.29) is 0 Å². The molecule has 0 amide bonds. The summed E-state index contributed by atoms with van der Waals surface area (Å²) in [7, 11) is 2.11. The largest absolute Gasteiger partial charge is 0.379 e. The van der Waals surface area contributed by atoms with Gasteiger partial charge in [-0.1, -0.05) is 18.1 Å². The van der Waals surface area contributed by atoms with Crippen LogP contribution in [0.4, 0.5) is 0 Å². The fourth-order valence-electron chi connectivity index (χ4n) is 2.85. The Labute approximate surface area is 141 Å². The van der Waals surface area contributed by atoms with E-state index in [4.69, 9.17) is 9.26 Å². The third-order valence-corrected chi connectivity index (χ3v) is 5.04. The van der Waals surface area contributed by atoms with Crippen LogP contribution in [0.2, 0.25) is 0 Å². The summed E-state index contributed by atoms with van der Waals surface area (Å²) >= 11 is 1.82. The average molecular weight is 336 g/mol. The molecular formula is C16H24N4O2S. The summed E-state index contributed by atoms with van der Waals surface area (Å²) in [6.45, 7) is 7.27. The van der Waals surface area contributed by atoms with Crippen molar-refractivity contribution in [1.82, 2.24) is 19.9 Å². The summed E-state index contributed by atoms with van der Waals surface area (Å²) in [6.07, 6.45) is 0.780. The predicted octanol–water partition coefficient (Wildman–Crippen LogP) is 2.20. The summed E-state index contributed by atoms with van der Waals surface area (Å²) in [6, 6.07) is 4.74. The monoisotopic (exact) mass is 336 g/mol. The maximum Gasteiger partial charge on any atom is 0.226 e. The molecule has 3 heterocycles. The van der Waals surface area contributed by atoms with Gasteiger partial charge < -0.3 is 9.26 Å². The minimum atomic E-state index is 0.390. The third kappa shape index (κ3) is 4.38. The normalized spacial score (nSPS) is 17.7. The van der Waals surface area contributed by atoms with Crippen LogP contribution in [-0.4, -0.2) is 59.8 Å². The van der Waals surface area contributed by atoms with Gasteiger partial charge in [-0.15, -0.1) is 11.3 Å². The van der Waals surface area contributed by atoms with Gasteiger partial charge in [-0.2, -0.15) is 4.98 Å². The van der Waals surface area contributed by atoms with E-state index in [9.17, 15) is 0 Å². The van der Waals surface area contributed by atoms with E-state index in [2.05, 4.69) is 44.5 Å². The van der Waals surface area contributed by atoms with Gasteiger partial charge in [0.05, 0.1) is 25.8 Å². The molecule has 0 bridgehead atoms. The fraction of sp³-hybridized carbons (Fsp3) is 0.625. The zero-order valence-electron chi connectivity index (χ0n) is 13.8. The van der Waals surface area contributed by atoms with Crippen LogP contribution in [0, 0.1) is 0 Å². The first-order valence-electron chi connectivity index (χ1n) is 8.11. The minimum Gasteiger partial charge on any atom is -0.379 e. The lowest BCUT2D eigenvalue weighted by atomic mass is 10.1. The Morgan fingerprint density at radius 1 is 1.39 bits per heavy atom. The lowest BCUT2D eigenvalue weighted by Gasteiger charge is -2.36. The second-order valence-corrected chi connectivity index (χ2v) is 6.81. The number of hydrogen-bond donors (Lipinski definition) is 0. The average Bonchev–Trinajstić information content (AvgIpc) is 3.25. The molecule has 23 heavy (non-hydrogen) atoms. The number of rotatable bonds is 7. The zero-order chi connectivity index (χ0) is 16.1. The highest BCUT2D eigenvalue weighted by Gasteiger charge is 2.25. The molecule has 0 unspecified atom stereocenters. The molecule has 0 aromatic carbocycles. The van der Waals surface area contributed by atoms with Gasteiger partial charge >= 0.3 is 0 Å². The maximum absolute atomic E-state index is 5.50. The first-order chi connectivity index (χ1) is 11.3. The Kier molecular flexibility index (Phi) is 5.77. The molecule has 1 saturated heterocycles. The highest BCUT2D eigenvalue weighted by Crippen LogP contribution is 2.27. The number of nitrogens with zero attached hydrogens (tertiary/aromatic N) is 4. The van der Waals surface area contributed by atoms with Crippen LogP contribution >= 0.6 is 11.3 Å². The number of thiophene rings is 1. The summed E-state index contributed by atoms with van der Waals surface area (Å²) in [4.78, 5) is 10.6. The van der Waals surface area contributed by atoms with Gasteiger partial charge in [-0.3, -0.25) is 9.80 Å². The third-order valence-electron chi connectivity index (χ3n) is 4.07. The standard InChI is InChI=1S/C16H24N4O2S/c1-3-16-17-15(18-22-16)12-19(2)11-13(14-5-4-10-23-14)20-6-8-21-9-7-20/h4-5,10,13H,3,6-9,11-12H2,1-2H3/t13-/m0/s1. The van der Waals surface area contributed by atoms with E-state index in [1.807, 2.05) is 18.3 Å². The molecule has 1 aliphatic heterocycles. The quantitative estimate of drug-likeness (QED) is 0.773. The van der Waals surface area contributed by atoms with Gasteiger partial charge in [0.15, 0.2) is 5.82 Å². The number of hydrogen-bond acceptors (Lipinski definition) is 7. The van der Waals surface area contributed by atoms with Crippen LogP contribution in [0.1, 0.15) is 29.6 Å². The molecule has 126 valence electrons. The molecular weight excluding hydrogens is 312 g/mol. The Bertz CT molecular complexity index is 581. The first kappa shape index (κ1) is 16.6. The van der Waals surface area contributed by atoms with Crippen LogP contribution in [0.3, 0.4) is 0 Å². The van der Waals surface area contributed by atoms with Crippen molar-refractivity contribution in [1.29, 1.82) is 0 Å². The van der Waals surface area contributed by atoms with Gasteiger partial charge in [0.25, 0.3) is 0 Å². The molecule has 7 heteroatoms. The molecule has 6 nitrogen and oxygen atoms in total. The van der Waals surface area contributed by atoms with Gasteiger partial charge in [0.1, 0.15) is 0 Å². The van der Waals surface area contributed by atoms with Crippen molar-refractivity contribution >= 4 is 11.3 Å². The van der Waals surface area contributed by atoms with Crippen LogP contribution in [-0.2, 0) is 17.7 Å². The van der Waals surface area contributed by atoms with Crippen molar-refractivity contribution < 1.29 is 9.26 Å². The van der Waals surface area contributed by atoms with Crippen LogP contribution < -0.4 is 0 Å². The molecule has 0 spiro atoms. The molecule has 0 N–H and O–H groups in total. The lowest BCUT2D eigenvalue weighted by molar-refractivity contribution is 0.00946. The van der Waals surface area contributed by atoms with Gasteiger partial charge in [-0.05, 0) is 18.5 Å². The van der Waals surface area contributed by atoms with Crippen LogP contribution in [0.15, 0.2) is 22.0 Å². The van der Waals surface area contributed by atoms with Gasteiger partial charge in [-0.25, -0.2) is 0 Å². The molecule has 0 radical (unpaired) electrons. The molecule has 1 aliphatic rings. The fourth-order valence-corrected chi connectivity index (χ4v) is 3.71. The SMILES string of the molecule is CCc1nc(CN(C)C[C@@H](c2cccs2)N2CCOCC2)no1. The van der Waals surface area contributed by atoms with E-state index < -0.39 is 0 Å². The van der Waals surface area contributed by atoms with Crippen LogP contribution in [0.25, 0.3) is 0 Å². The van der Waals surface area contributed by atoms with Crippen LogP contribution in [0.5, 0.6) is 0 Å². The zero-order valence-corrected chi connectivity index (χ0v) is 14.6. The minimum absolute atomic E-state index is 0.390. The number of likely N-dealkylation sites (N-methyl/N-ethyl adjacent to an activating group) is 1. The van der Waals surface area contributed by atoms with E-state index >= 15 is 0 Å². The summed E-state index contributed by atoms with van der Waals surface area (Å²) in [5.74, 6) is 1.47. The summed E-state index contributed by atoms with van der Waals surface area (Å²) in [5.41, 5.74) is 0. The Morgan fingerprint density at radius 2 is 2.22 bits per heavy atom. The molecule has 2 aromatic heterocycles. The van der Waals surface area contributed by atoms with Crippen molar-refractivity contribution in [3.63, 3.8) is 0 Å². The van der Waals surface area contributed by atoms with Crippen molar-refractivity contribution in [3.05, 3.63) is 34.1 Å². The summed E-state index contributed by atoms with van der Waals surface area (Å²) in [5, 5.41) is 6.20. The smallest absolute Gasteiger partial charge is 0.226 e. The van der Waals surface area contributed by atoms with E-state index in [0.717, 1.165) is 45.1 Å². The molecule has 0 saturated carbocycles. The van der Waals surface area contributed by atoms with Crippen molar-refractivity contribution in [2.75, 3.05) is 39.9 Å². The number of morpholine rings is 1. The second-order valence-electron chi connectivity index (χ2n) is 5.83. The first-order valence-corrected chi connectivity index (χ1v) is 8.99. The number of aryl methyl sites for hydroxylation is 1. The van der Waals surface area contributed by atoms with E-state index in [1.165, 1.54) is 4.88 Å². The van der Waals surface area contributed by atoms with E-state index in [1.54, 1.807) is 0 Å². The highest BCUT2D eigenvalue weighted by molar-refractivity contribution is 7.10. The van der Waals surface area contributed by atoms with E-state index in [0.29, 0.717) is 18.5 Å². The molecule has 2 aromatic rings. The maximum atomic E-state index is 5.50. The van der Waals surface area contributed by atoms with Crippen molar-refractivity contribution in [2.24, 2.45) is 0 Å². The second kappa shape index (κ2) is 8.01. The van der Waals surface area contributed by atoms with Gasteiger partial charge in [0.2, 0.25) is 5.89 Å². The topological polar surface area (TPSA) is 54.6 Å². The highest BCUT2D eigenvalue weighted by atomic mass is 32.1. The van der Waals surface area contributed by atoms with Gasteiger partial charge in [0, 0.05) is 30.9 Å². The Morgan fingerprint density at radius 3 is 2.87 bits per heavy atom. The Balaban J connectivity index is 1.65. The number of aromatic nitrogens is 2. The summed E-state index contributed by atoms with van der Waals surface area (Å²) < 4.78 is 10.7. The molecule has 1 fully saturated rings.